The molecule has 134 valence electrons. The van der Waals surface area contributed by atoms with Crippen LogP contribution in [0.4, 0.5) is 0 Å². The highest BCUT2D eigenvalue weighted by molar-refractivity contribution is 6.30. The van der Waals surface area contributed by atoms with E-state index in [2.05, 4.69) is 28.5 Å². The molecule has 1 saturated heterocycles. The largest absolute Gasteiger partial charge is 0.316 e. The minimum absolute atomic E-state index is 0.704. The van der Waals surface area contributed by atoms with Crippen LogP contribution in [0.25, 0.3) is 17.0 Å². The van der Waals surface area contributed by atoms with Crippen molar-refractivity contribution in [2.24, 2.45) is 17.8 Å². The molecular formula is C21H23ClN4. The first-order chi connectivity index (χ1) is 12.8. The normalized spacial score (nSPS) is 25.5. The molecule has 0 aromatic carbocycles. The second-order valence-electron chi connectivity index (χ2n) is 7.71. The molecule has 5 rings (SSSR count). The molecule has 1 aliphatic carbocycles. The Bertz CT molecular complexity index is 935. The van der Waals surface area contributed by atoms with Gasteiger partial charge in [0, 0.05) is 11.9 Å². The van der Waals surface area contributed by atoms with Crippen LogP contribution < -0.4 is 5.32 Å². The summed E-state index contributed by atoms with van der Waals surface area (Å²) in [7, 11) is 0. The number of aromatic nitrogens is 3. The number of pyridine rings is 2. The zero-order valence-corrected chi connectivity index (χ0v) is 15.5. The van der Waals surface area contributed by atoms with Crippen LogP contribution in [-0.2, 0) is 6.42 Å². The standard InChI is InChI=1S/C21H23ClN4/c22-16-7-8-21-24-12-20(26(21)13-16)19-6-2-5-17(25-19)9-14-3-1-4-15-10-23-11-18(14)15/h2,5-8,12-15,18,23H,1,3-4,9-11H2/t14-,15-,18-/m0/s1. The zero-order valence-electron chi connectivity index (χ0n) is 14.7. The third-order valence-electron chi connectivity index (χ3n) is 6.16. The first-order valence-corrected chi connectivity index (χ1v) is 9.95. The Morgan fingerprint density at radius 2 is 2.12 bits per heavy atom. The fourth-order valence-electron chi connectivity index (χ4n) is 4.88. The van der Waals surface area contributed by atoms with Crippen LogP contribution in [0, 0.1) is 17.8 Å². The summed E-state index contributed by atoms with van der Waals surface area (Å²) < 4.78 is 2.02. The maximum absolute atomic E-state index is 6.17. The van der Waals surface area contributed by atoms with Gasteiger partial charge in [-0.05, 0) is 74.4 Å². The number of fused-ring (bicyclic) bond motifs is 2. The van der Waals surface area contributed by atoms with Gasteiger partial charge in [-0.25, -0.2) is 4.98 Å². The lowest BCUT2D eigenvalue weighted by molar-refractivity contribution is 0.197. The molecule has 1 aliphatic heterocycles. The average Bonchev–Trinajstić information content (AvgIpc) is 3.29. The number of nitrogens with one attached hydrogen (secondary N) is 1. The molecule has 5 heteroatoms. The summed E-state index contributed by atoms with van der Waals surface area (Å²) in [4.78, 5) is 9.46. The highest BCUT2D eigenvalue weighted by Gasteiger charge is 2.36. The van der Waals surface area contributed by atoms with Crippen LogP contribution in [0.1, 0.15) is 25.0 Å². The van der Waals surface area contributed by atoms with Gasteiger partial charge in [0.05, 0.1) is 22.6 Å². The van der Waals surface area contributed by atoms with Gasteiger partial charge in [0.1, 0.15) is 5.65 Å². The van der Waals surface area contributed by atoms with E-state index in [0.29, 0.717) is 5.02 Å². The summed E-state index contributed by atoms with van der Waals surface area (Å²) in [5, 5.41) is 4.30. The summed E-state index contributed by atoms with van der Waals surface area (Å²) in [6.45, 7) is 2.39. The molecule has 0 unspecified atom stereocenters. The first-order valence-electron chi connectivity index (χ1n) is 9.57. The molecule has 1 saturated carbocycles. The summed E-state index contributed by atoms with van der Waals surface area (Å²) in [6, 6.07) is 10.2. The van der Waals surface area contributed by atoms with Crippen LogP contribution in [0.15, 0.2) is 42.7 Å². The molecule has 3 atom stereocenters. The Labute approximate surface area is 158 Å². The SMILES string of the molecule is Clc1ccc2ncc(-c3cccc(C[C@@H]4CCC[C@H]5CNC[C@H]54)n3)n2c1. The van der Waals surface area contributed by atoms with Crippen molar-refractivity contribution in [3.63, 3.8) is 0 Å². The van der Waals surface area contributed by atoms with Crippen molar-refractivity contribution in [3.05, 3.63) is 53.4 Å². The Balaban J connectivity index is 1.44. The van der Waals surface area contributed by atoms with E-state index in [1.165, 1.54) is 38.0 Å². The van der Waals surface area contributed by atoms with Crippen molar-refractivity contribution < 1.29 is 0 Å². The van der Waals surface area contributed by atoms with Crippen LogP contribution in [0.2, 0.25) is 5.02 Å². The fraction of sp³-hybridized carbons (Fsp3) is 0.429. The molecule has 0 spiro atoms. The van der Waals surface area contributed by atoms with Gasteiger partial charge >= 0.3 is 0 Å². The Hall–Kier alpha value is -1.91. The molecule has 0 radical (unpaired) electrons. The molecule has 2 fully saturated rings. The summed E-state index contributed by atoms with van der Waals surface area (Å²) in [5.41, 5.74) is 4.04. The lowest BCUT2D eigenvalue weighted by Gasteiger charge is -2.33. The van der Waals surface area contributed by atoms with E-state index in [1.807, 2.05) is 28.9 Å². The van der Waals surface area contributed by atoms with E-state index < -0.39 is 0 Å². The average molecular weight is 367 g/mol. The maximum atomic E-state index is 6.17. The Morgan fingerprint density at radius 1 is 1.15 bits per heavy atom. The number of rotatable bonds is 3. The molecule has 2 aliphatic rings. The number of nitrogens with zero attached hydrogens (tertiary/aromatic N) is 3. The lowest BCUT2D eigenvalue weighted by atomic mass is 9.72. The number of halogens is 1. The summed E-state index contributed by atoms with van der Waals surface area (Å²) in [6.07, 6.45) is 8.95. The maximum Gasteiger partial charge on any atom is 0.137 e. The van der Waals surface area contributed by atoms with E-state index in [4.69, 9.17) is 16.6 Å². The quantitative estimate of drug-likeness (QED) is 0.754. The van der Waals surface area contributed by atoms with Crippen molar-refractivity contribution >= 4 is 17.2 Å². The van der Waals surface area contributed by atoms with Gasteiger partial charge in [-0.1, -0.05) is 24.1 Å². The lowest BCUT2D eigenvalue weighted by Crippen LogP contribution is -2.28. The van der Waals surface area contributed by atoms with Crippen LogP contribution >= 0.6 is 11.6 Å². The van der Waals surface area contributed by atoms with Crippen LogP contribution in [0.3, 0.4) is 0 Å². The number of hydrogen-bond acceptors (Lipinski definition) is 3. The van der Waals surface area contributed by atoms with E-state index in [-0.39, 0.29) is 0 Å². The van der Waals surface area contributed by atoms with Gasteiger partial charge in [0.15, 0.2) is 0 Å². The van der Waals surface area contributed by atoms with Gasteiger partial charge in [-0.2, -0.15) is 0 Å². The molecule has 0 amide bonds. The molecule has 4 heterocycles. The topological polar surface area (TPSA) is 42.2 Å². The van der Waals surface area contributed by atoms with Gasteiger partial charge < -0.3 is 5.32 Å². The van der Waals surface area contributed by atoms with Gasteiger partial charge in [0.2, 0.25) is 0 Å². The third-order valence-corrected chi connectivity index (χ3v) is 6.38. The molecule has 1 N–H and O–H groups in total. The second kappa shape index (κ2) is 6.67. The highest BCUT2D eigenvalue weighted by Crippen LogP contribution is 2.38. The summed E-state index contributed by atoms with van der Waals surface area (Å²) in [5.74, 6) is 2.45. The monoisotopic (exact) mass is 366 g/mol. The van der Waals surface area contributed by atoms with Crippen molar-refractivity contribution in [2.75, 3.05) is 13.1 Å². The van der Waals surface area contributed by atoms with Crippen molar-refractivity contribution in [1.82, 2.24) is 19.7 Å². The smallest absolute Gasteiger partial charge is 0.137 e. The number of hydrogen-bond donors (Lipinski definition) is 1. The predicted molar refractivity (Wildman–Crippen MR) is 104 cm³/mol. The minimum Gasteiger partial charge on any atom is -0.316 e. The number of imidazole rings is 1. The van der Waals surface area contributed by atoms with Crippen LogP contribution in [0.5, 0.6) is 0 Å². The molecule has 3 aromatic heterocycles. The Kier molecular flexibility index (Phi) is 4.18. The fourth-order valence-corrected chi connectivity index (χ4v) is 5.04. The third kappa shape index (κ3) is 2.91. The van der Waals surface area contributed by atoms with E-state index in [1.54, 1.807) is 0 Å². The molecule has 3 aromatic rings. The van der Waals surface area contributed by atoms with Crippen LogP contribution in [-0.4, -0.2) is 27.5 Å². The predicted octanol–water partition coefficient (Wildman–Crippen LogP) is 4.23. The first kappa shape index (κ1) is 16.3. The highest BCUT2D eigenvalue weighted by atomic mass is 35.5. The van der Waals surface area contributed by atoms with E-state index in [9.17, 15) is 0 Å². The van der Waals surface area contributed by atoms with Gasteiger partial charge in [-0.15, -0.1) is 0 Å². The van der Waals surface area contributed by atoms with Crippen molar-refractivity contribution in [3.8, 4) is 11.4 Å². The molecule has 26 heavy (non-hydrogen) atoms. The molecule has 0 bridgehead atoms. The minimum atomic E-state index is 0.704. The van der Waals surface area contributed by atoms with Gasteiger partial charge in [-0.3, -0.25) is 9.38 Å². The molecular weight excluding hydrogens is 344 g/mol. The summed E-state index contributed by atoms with van der Waals surface area (Å²) >= 11 is 6.17. The second-order valence-corrected chi connectivity index (χ2v) is 8.15. The van der Waals surface area contributed by atoms with E-state index >= 15 is 0 Å². The molecule has 4 nitrogen and oxygen atoms in total. The van der Waals surface area contributed by atoms with Gasteiger partial charge in [0.25, 0.3) is 0 Å². The van der Waals surface area contributed by atoms with Crippen molar-refractivity contribution in [1.29, 1.82) is 0 Å². The zero-order chi connectivity index (χ0) is 17.5. The Morgan fingerprint density at radius 3 is 3.08 bits per heavy atom. The van der Waals surface area contributed by atoms with E-state index in [0.717, 1.165) is 41.2 Å². The van der Waals surface area contributed by atoms with Crippen molar-refractivity contribution in [2.45, 2.75) is 25.7 Å².